The minimum absolute atomic E-state index is 0.0691. The molecule has 20 heavy (non-hydrogen) atoms. The van der Waals surface area contributed by atoms with Gasteiger partial charge in [0, 0.05) is 6.20 Å². The molecule has 0 saturated carbocycles. The number of nitrogens with zero attached hydrogens (tertiary/aromatic N) is 4. The Hall–Kier alpha value is -1.75. The summed E-state index contributed by atoms with van der Waals surface area (Å²) in [5.74, 6) is 0.716. The van der Waals surface area contributed by atoms with E-state index in [0.717, 1.165) is 25.0 Å². The van der Waals surface area contributed by atoms with Crippen LogP contribution in [0.4, 0.5) is 0 Å². The van der Waals surface area contributed by atoms with E-state index in [1.165, 1.54) is 5.56 Å². The van der Waals surface area contributed by atoms with Crippen molar-refractivity contribution >= 4 is 11.6 Å². The second-order valence-corrected chi connectivity index (χ2v) is 5.01. The number of hydrogen-bond donors (Lipinski definition) is 0. The van der Waals surface area contributed by atoms with Crippen molar-refractivity contribution in [1.82, 2.24) is 19.9 Å². The van der Waals surface area contributed by atoms with Gasteiger partial charge in [-0.05, 0) is 49.4 Å². The van der Waals surface area contributed by atoms with Crippen molar-refractivity contribution in [3.63, 3.8) is 0 Å². The Morgan fingerprint density at radius 1 is 1.35 bits per heavy atom. The molecule has 0 aromatic carbocycles. The highest BCUT2D eigenvalue weighted by Gasteiger charge is 2.26. The summed E-state index contributed by atoms with van der Waals surface area (Å²) >= 11 is 5.97. The number of fused-ring (bicyclic) bond motifs is 1. The van der Waals surface area contributed by atoms with E-state index >= 15 is 0 Å². The Balaban J connectivity index is 2.01. The van der Waals surface area contributed by atoms with Gasteiger partial charge in [-0.1, -0.05) is 6.07 Å². The van der Waals surface area contributed by atoms with Crippen LogP contribution in [-0.4, -0.2) is 26.5 Å². The van der Waals surface area contributed by atoms with Crippen molar-refractivity contribution < 1.29 is 4.74 Å². The molecule has 0 bridgehead atoms. The fraction of sp³-hybridized carbons (Fsp3) is 0.429. The minimum Gasteiger partial charge on any atom is -0.464 e. The quantitative estimate of drug-likeness (QED) is 0.870. The van der Waals surface area contributed by atoms with Gasteiger partial charge in [-0.2, -0.15) is 9.97 Å². The van der Waals surface area contributed by atoms with Gasteiger partial charge in [-0.25, -0.2) is 4.98 Å². The topological polar surface area (TPSA) is 60.8 Å². The van der Waals surface area contributed by atoms with Crippen molar-refractivity contribution in [2.24, 2.45) is 0 Å². The second-order valence-electron chi connectivity index (χ2n) is 4.67. The van der Waals surface area contributed by atoms with Gasteiger partial charge < -0.3 is 4.74 Å². The smallest absolute Gasteiger partial charge is 0.320 e. The molecule has 0 amide bonds. The third-order valence-corrected chi connectivity index (χ3v) is 3.55. The van der Waals surface area contributed by atoms with Crippen LogP contribution >= 0.6 is 11.6 Å². The van der Waals surface area contributed by atoms with Crippen molar-refractivity contribution in [3.8, 4) is 6.01 Å². The highest BCUT2D eigenvalue weighted by molar-refractivity contribution is 6.28. The van der Waals surface area contributed by atoms with Crippen LogP contribution in [0.15, 0.2) is 18.3 Å². The van der Waals surface area contributed by atoms with Crippen molar-refractivity contribution in [3.05, 3.63) is 40.7 Å². The molecular weight excluding hydrogens is 276 g/mol. The molecular formula is C14H15ClN4O. The molecule has 0 N–H and O–H groups in total. The molecule has 0 spiro atoms. The van der Waals surface area contributed by atoms with Crippen molar-refractivity contribution in [2.45, 2.75) is 32.1 Å². The minimum atomic E-state index is 0.0691. The van der Waals surface area contributed by atoms with Crippen LogP contribution in [0.1, 0.15) is 42.8 Å². The zero-order valence-corrected chi connectivity index (χ0v) is 12.0. The maximum absolute atomic E-state index is 5.97. The Morgan fingerprint density at radius 2 is 2.25 bits per heavy atom. The number of rotatable bonds is 3. The lowest BCUT2D eigenvalue weighted by Crippen LogP contribution is -2.16. The average Bonchev–Trinajstić information content (AvgIpc) is 2.46. The molecule has 6 heteroatoms. The first-order valence-corrected chi connectivity index (χ1v) is 7.13. The van der Waals surface area contributed by atoms with E-state index in [4.69, 9.17) is 16.3 Å². The highest BCUT2D eigenvalue weighted by atomic mass is 35.5. The van der Waals surface area contributed by atoms with Crippen LogP contribution in [0.25, 0.3) is 0 Å². The Kier molecular flexibility index (Phi) is 3.78. The second kappa shape index (κ2) is 5.71. The normalized spacial score (nSPS) is 17.6. The van der Waals surface area contributed by atoms with Crippen LogP contribution in [0.3, 0.4) is 0 Å². The number of hydrogen-bond acceptors (Lipinski definition) is 5. The van der Waals surface area contributed by atoms with Gasteiger partial charge >= 0.3 is 6.01 Å². The number of pyridine rings is 1. The zero-order chi connectivity index (χ0) is 13.9. The van der Waals surface area contributed by atoms with Crippen LogP contribution in [0.2, 0.25) is 5.28 Å². The molecule has 1 aliphatic rings. The molecule has 3 rings (SSSR count). The summed E-state index contributed by atoms with van der Waals surface area (Å²) in [6.45, 7) is 2.38. The van der Waals surface area contributed by atoms with E-state index < -0.39 is 0 Å². The fourth-order valence-electron chi connectivity index (χ4n) is 2.56. The molecule has 5 nitrogen and oxygen atoms in total. The molecule has 0 aliphatic heterocycles. The van der Waals surface area contributed by atoms with E-state index in [1.807, 2.05) is 19.2 Å². The van der Waals surface area contributed by atoms with E-state index in [1.54, 1.807) is 0 Å². The summed E-state index contributed by atoms with van der Waals surface area (Å²) in [7, 11) is 0. The third-order valence-electron chi connectivity index (χ3n) is 3.39. The van der Waals surface area contributed by atoms with Crippen molar-refractivity contribution in [1.29, 1.82) is 0 Å². The van der Waals surface area contributed by atoms with Crippen molar-refractivity contribution in [2.75, 3.05) is 6.61 Å². The summed E-state index contributed by atoms with van der Waals surface area (Å²) in [6, 6.07) is 4.36. The SMILES string of the molecule is CCOc1nc(Cl)nc(C2CCCc3cccnc32)n1. The Bertz CT molecular complexity index is 620. The highest BCUT2D eigenvalue weighted by Crippen LogP contribution is 2.34. The van der Waals surface area contributed by atoms with E-state index in [2.05, 4.69) is 26.0 Å². The summed E-state index contributed by atoms with van der Waals surface area (Å²) in [4.78, 5) is 17.1. The summed E-state index contributed by atoms with van der Waals surface area (Å²) in [6.07, 6.45) is 4.92. The molecule has 2 aromatic heterocycles. The maximum Gasteiger partial charge on any atom is 0.320 e. The molecule has 0 saturated heterocycles. The lowest BCUT2D eigenvalue weighted by molar-refractivity contribution is 0.308. The lowest BCUT2D eigenvalue weighted by atomic mass is 9.86. The summed E-state index contributed by atoms with van der Waals surface area (Å²) in [5, 5.41) is 0.168. The third kappa shape index (κ3) is 2.58. The standard InChI is InChI=1S/C14H15ClN4O/c1-2-20-14-18-12(17-13(15)19-14)10-7-3-5-9-6-4-8-16-11(9)10/h4,6,8,10H,2-3,5,7H2,1H3. The van der Waals surface area contributed by atoms with Gasteiger partial charge in [0.1, 0.15) is 5.82 Å². The first-order valence-electron chi connectivity index (χ1n) is 6.76. The molecule has 0 radical (unpaired) electrons. The molecule has 104 valence electrons. The van der Waals surface area contributed by atoms with Gasteiger partial charge in [-0.3, -0.25) is 4.98 Å². The average molecular weight is 291 g/mol. The largest absolute Gasteiger partial charge is 0.464 e. The van der Waals surface area contributed by atoms with Gasteiger partial charge in [-0.15, -0.1) is 0 Å². The zero-order valence-electron chi connectivity index (χ0n) is 11.2. The number of aryl methyl sites for hydroxylation is 1. The van der Waals surface area contributed by atoms with Gasteiger partial charge in [0.05, 0.1) is 18.2 Å². The fourth-order valence-corrected chi connectivity index (χ4v) is 2.72. The number of aromatic nitrogens is 4. The molecule has 2 aromatic rings. The summed E-state index contributed by atoms with van der Waals surface area (Å²) in [5.41, 5.74) is 2.31. The predicted octanol–water partition coefficient (Wildman–Crippen LogP) is 2.79. The molecule has 0 fully saturated rings. The first kappa shape index (κ1) is 13.2. The van der Waals surface area contributed by atoms with Crippen LogP contribution in [0.5, 0.6) is 6.01 Å². The summed E-state index contributed by atoms with van der Waals surface area (Å²) < 4.78 is 5.34. The number of ether oxygens (including phenoxy) is 1. The molecule has 2 heterocycles. The maximum atomic E-state index is 5.97. The van der Waals surface area contributed by atoms with Crippen LogP contribution < -0.4 is 4.74 Å². The van der Waals surface area contributed by atoms with Crippen LogP contribution in [-0.2, 0) is 6.42 Å². The molecule has 1 unspecified atom stereocenters. The van der Waals surface area contributed by atoms with Crippen LogP contribution in [0, 0.1) is 0 Å². The van der Waals surface area contributed by atoms with Gasteiger partial charge in [0.15, 0.2) is 0 Å². The van der Waals surface area contributed by atoms with Gasteiger partial charge in [0.2, 0.25) is 5.28 Å². The molecule has 1 atom stereocenters. The number of halogens is 1. The van der Waals surface area contributed by atoms with Gasteiger partial charge in [0.25, 0.3) is 0 Å². The Labute approximate surface area is 122 Å². The monoisotopic (exact) mass is 290 g/mol. The first-order chi connectivity index (χ1) is 9.78. The molecule has 1 aliphatic carbocycles. The van der Waals surface area contributed by atoms with E-state index in [9.17, 15) is 0 Å². The lowest BCUT2D eigenvalue weighted by Gasteiger charge is -2.23. The predicted molar refractivity (Wildman–Crippen MR) is 75.0 cm³/mol. The van der Waals surface area contributed by atoms with E-state index in [-0.39, 0.29) is 17.2 Å². The van der Waals surface area contributed by atoms with E-state index in [0.29, 0.717) is 12.4 Å². The Morgan fingerprint density at radius 3 is 3.10 bits per heavy atom.